The second-order valence-corrected chi connectivity index (χ2v) is 14.1. The Labute approximate surface area is 282 Å². The van der Waals surface area contributed by atoms with Crippen LogP contribution in [0.1, 0.15) is 70.1 Å². The van der Waals surface area contributed by atoms with Crippen molar-refractivity contribution in [2.24, 2.45) is 5.73 Å². The van der Waals surface area contributed by atoms with Crippen LogP contribution in [-0.4, -0.2) is 75.3 Å². The minimum Gasteiger partial charge on any atom is -0.458 e. The van der Waals surface area contributed by atoms with Gasteiger partial charge in [0.15, 0.2) is 9.84 Å². The van der Waals surface area contributed by atoms with Crippen molar-refractivity contribution in [3.8, 4) is 0 Å². The fraction of sp³-hybridized carbons (Fsp3) is 0.559. The lowest BCUT2D eigenvalue weighted by atomic mass is 10.0. The molecule has 0 unspecified atom stereocenters. The number of amides is 2. The van der Waals surface area contributed by atoms with Crippen molar-refractivity contribution in [3.05, 3.63) is 70.8 Å². The molecule has 14 heteroatoms. The summed E-state index contributed by atoms with van der Waals surface area (Å²) in [5.74, 6) is -3.73. The maximum atomic E-state index is 13.9. The highest BCUT2D eigenvalue weighted by molar-refractivity contribution is 7.92. The molecule has 11 nitrogen and oxygen atoms in total. The summed E-state index contributed by atoms with van der Waals surface area (Å²) in [7, 11) is -3.91. The van der Waals surface area contributed by atoms with Gasteiger partial charge in [0, 0.05) is 32.1 Å². The van der Waals surface area contributed by atoms with Gasteiger partial charge in [-0.15, -0.1) is 0 Å². The lowest BCUT2D eigenvalue weighted by Gasteiger charge is -2.28. The predicted molar refractivity (Wildman–Crippen MR) is 180 cm³/mol. The molecule has 0 saturated heterocycles. The van der Waals surface area contributed by atoms with Gasteiger partial charge in [-0.25, -0.2) is 26.8 Å². The number of carbonyl (C=O) groups is 3. The number of sulfone groups is 1. The molecule has 0 heterocycles. The van der Waals surface area contributed by atoms with Crippen LogP contribution in [0, 0.1) is 11.6 Å². The standard InChI is InChI=1S/C34H50F2N4O7S/c1-5-9-29(10-6-2)48(44,45)22-31(40-34(43)46-14-13-39-23(4)41)33(42)47-32(21-38-20-25-12-8-11-24(7-3)15-25)30(37)18-26-16-27(35)19-28(36)17-26/h8,11-12,15-17,19,29-32,38H,5-7,9-10,13-14,18,20-22,37H2,1-4H3,(H,39,41)(H,40,43)/t30-,31+,32+/m0/s1. The third-order valence-corrected chi connectivity index (χ3v) is 9.91. The van der Waals surface area contributed by atoms with Gasteiger partial charge in [0.25, 0.3) is 0 Å². The number of nitrogens with one attached hydrogen (secondary N) is 3. The molecule has 2 aromatic carbocycles. The Kier molecular flexibility index (Phi) is 17.5. The van der Waals surface area contributed by atoms with E-state index in [4.69, 9.17) is 15.2 Å². The molecule has 2 rings (SSSR count). The van der Waals surface area contributed by atoms with Gasteiger partial charge in [-0.3, -0.25) is 4.79 Å². The molecule has 2 amide bonds. The van der Waals surface area contributed by atoms with Gasteiger partial charge >= 0.3 is 12.1 Å². The average molecular weight is 697 g/mol. The van der Waals surface area contributed by atoms with Crippen LogP contribution in [0.25, 0.3) is 0 Å². The van der Waals surface area contributed by atoms with Crippen molar-refractivity contribution in [3.63, 3.8) is 0 Å². The number of esters is 1. The van der Waals surface area contributed by atoms with E-state index < -0.39 is 62.7 Å². The molecule has 5 N–H and O–H groups in total. The van der Waals surface area contributed by atoms with Crippen LogP contribution in [-0.2, 0) is 48.3 Å². The number of carbonyl (C=O) groups excluding carboxylic acids is 3. The third kappa shape index (κ3) is 14.7. The van der Waals surface area contributed by atoms with Gasteiger partial charge in [-0.2, -0.15) is 0 Å². The zero-order valence-corrected chi connectivity index (χ0v) is 29.0. The van der Waals surface area contributed by atoms with E-state index in [9.17, 15) is 31.6 Å². The SMILES string of the molecule is CCCC(CCC)S(=O)(=O)C[C@@H](NC(=O)OCCNC(C)=O)C(=O)O[C@H](CNCc1cccc(CC)c1)[C@@H](N)Cc1cc(F)cc(F)c1. The van der Waals surface area contributed by atoms with Crippen LogP contribution in [0.4, 0.5) is 13.6 Å². The van der Waals surface area contributed by atoms with Crippen molar-refractivity contribution >= 4 is 27.8 Å². The van der Waals surface area contributed by atoms with Crippen LogP contribution < -0.4 is 21.7 Å². The van der Waals surface area contributed by atoms with Crippen molar-refractivity contribution < 1.29 is 41.1 Å². The molecule has 0 aliphatic rings. The molecule has 0 spiro atoms. The lowest BCUT2D eigenvalue weighted by Crippen LogP contribution is -2.52. The van der Waals surface area contributed by atoms with Crippen molar-refractivity contribution in [2.75, 3.05) is 25.4 Å². The summed E-state index contributed by atoms with van der Waals surface area (Å²) in [5.41, 5.74) is 8.79. The van der Waals surface area contributed by atoms with Gasteiger partial charge in [0.2, 0.25) is 5.91 Å². The quantitative estimate of drug-likeness (QED) is 0.112. The maximum absolute atomic E-state index is 13.9. The van der Waals surface area contributed by atoms with E-state index in [1.165, 1.54) is 6.92 Å². The van der Waals surface area contributed by atoms with E-state index in [0.29, 0.717) is 32.2 Å². The Bertz CT molecular complexity index is 1420. The maximum Gasteiger partial charge on any atom is 0.407 e. The van der Waals surface area contributed by atoms with Crippen LogP contribution in [0.5, 0.6) is 0 Å². The highest BCUT2D eigenvalue weighted by Gasteiger charge is 2.35. The molecule has 2 aromatic rings. The van der Waals surface area contributed by atoms with E-state index in [2.05, 4.69) is 16.0 Å². The normalized spacial score (nSPS) is 13.4. The van der Waals surface area contributed by atoms with Gasteiger partial charge in [0.1, 0.15) is 30.4 Å². The molecule has 48 heavy (non-hydrogen) atoms. The molecular formula is C34H50F2N4O7S. The van der Waals surface area contributed by atoms with E-state index in [1.54, 1.807) is 0 Å². The highest BCUT2D eigenvalue weighted by atomic mass is 32.2. The van der Waals surface area contributed by atoms with Crippen molar-refractivity contribution in [1.82, 2.24) is 16.0 Å². The molecule has 3 atom stereocenters. The Hall–Kier alpha value is -3.62. The molecule has 0 aliphatic carbocycles. The first-order valence-electron chi connectivity index (χ1n) is 16.4. The molecule has 0 aromatic heterocycles. The number of hydrogen-bond donors (Lipinski definition) is 4. The predicted octanol–water partition coefficient (Wildman–Crippen LogP) is 3.71. The third-order valence-electron chi connectivity index (χ3n) is 7.63. The second-order valence-electron chi connectivity index (χ2n) is 11.8. The van der Waals surface area contributed by atoms with Gasteiger partial charge < -0.3 is 31.2 Å². The van der Waals surface area contributed by atoms with E-state index in [1.807, 2.05) is 45.0 Å². The van der Waals surface area contributed by atoms with Crippen LogP contribution in [0.3, 0.4) is 0 Å². The molecular weight excluding hydrogens is 646 g/mol. The fourth-order valence-electron chi connectivity index (χ4n) is 5.20. The largest absolute Gasteiger partial charge is 0.458 e. The number of aryl methyl sites for hydroxylation is 1. The number of alkyl carbamates (subject to hydrolysis) is 1. The Morgan fingerprint density at radius 1 is 0.938 bits per heavy atom. The van der Waals surface area contributed by atoms with Crippen molar-refractivity contribution in [2.45, 2.75) is 96.2 Å². The first-order valence-corrected chi connectivity index (χ1v) is 18.1. The smallest absolute Gasteiger partial charge is 0.407 e. The number of halogens is 2. The number of hydrogen-bond acceptors (Lipinski definition) is 9. The molecule has 268 valence electrons. The van der Waals surface area contributed by atoms with Gasteiger partial charge in [-0.1, -0.05) is 57.9 Å². The average Bonchev–Trinajstić information content (AvgIpc) is 3.01. The monoisotopic (exact) mass is 696 g/mol. The zero-order valence-electron chi connectivity index (χ0n) is 28.2. The first-order chi connectivity index (χ1) is 22.8. The molecule has 0 saturated carbocycles. The number of nitrogens with two attached hydrogens (primary N) is 1. The van der Waals surface area contributed by atoms with E-state index in [0.717, 1.165) is 35.7 Å². The molecule has 0 radical (unpaired) electrons. The Morgan fingerprint density at radius 2 is 1.58 bits per heavy atom. The Balaban J connectivity index is 2.32. The van der Waals surface area contributed by atoms with Crippen LogP contribution in [0.2, 0.25) is 0 Å². The summed E-state index contributed by atoms with van der Waals surface area (Å²) in [6.45, 7) is 7.22. The lowest BCUT2D eigenvalue weighted by molar-refractivity contribution is -0.151. The summed E-state index contributed by atoms with van der Waals surface area (Å²) in [6, 6.07) is 8.23. The molecule has 0 aliphatic heterocycles. The van der Waals surface area contributed by atoms with Crippen LogP contribution in [0.15, 0.2) is 42.5 Å². The zero-order chi connectivity index (χ0) is 35.7. The van der Waals surface area contributed by atoms with E-state index >= 15 is 0 Å². The topological polar surface area (TPSA) is 166 Å². The second kappa shape index (κ2) is 20.7. The van der Waals surface area contributed by atoms with Crippen molar-refractivity contribution in [1.29, 1.82) is 0 Å². The fourth-order valence-corrected chi connectivity index (χ4v) is 7.35. The minimum atomic E-state index is -3.91. The number of ether oxygens (including phenoxy) is 2. The summed E-state index contributed by atoms with van der Waals surface area (Å²) in [4.78, 5) is 37.5. The highest BCUT2D eigenvalue weighted by Crippen LogP contribution is 2.18. The van der Waals surface area contributed by atoms with Gasteiger partial charge in [-0.05, 0) is 54.5 Å². The summed E-state index contributed by atoms with van der Waals surface area (Å²) >= 11 is 0. The van der Waals surface area contributed by atoms with Crippen LogP contribution >= 0.6 is 0 Å². The first kappa shape index (κ1) is 40.6. The molecule has 0 bridgehead atoms. The number of rotatable bonds is 21. The summed E-state index contributed by atoms with van der Waals surface area (Å²) in [5, 5.41) is 7.24. The summed E-state index contributed by atoms with van der Waals surface area (Å²) < 4.78 is 65.7. The van der Waals surface area contributed by atoms with E-state index in [-0.39, 0.29) is 37.6 Å². The Morgan fingerprint density at radius 3 is 2.19 bits per heavy atom. The van der Waals surface area contributed by atoms with Gasteiger partial charge in [0.05, 0.1) is 17.5 Å². The number of benzene rings is 2. The molecule has 0 fully saturated rings. The summed E-state index contributed by atoms with van der Waals surface area (Å²) in [6.07, 6.45) is 0.543. The minimum absolute atomic E-state index is 0.00960.